The number of amides is 1. The molecule has 7 heteroatoms. The highest BCUT2D eigenvalue weighted by Gasteiger charge is 2.48. The Hall–Kier alpha value is -2.44. The van der Waals surface area contributed by atoms with Gasteiger partial charge in [-0.15, -0.1) is 0 Å². The minimum Gasteiger partial charge on any atom is -0.480 e. The fourth-order valence-electron chi connectivity index (χ4n) is 4.53. The first kappa shape index (κ1) is 16.1. The van der Waals surface area contributed by atoms with Crippen LogP contribution < -0.4 is 0 Å². The lowest BCUT2D eigenvalue weighted by molar-refractivity contribution is -0.141. The van der Waals surface area contributed by atoms with Crippen molar-refractivity contribution < 1.29 is 14.7 Å². The van der Waals surface area contributed by atoms with Crippen molar-refractivity contribution in [1.29, 1.82) is 0 Å². The predicted octanol–water partition coefficient (Wildman–Crippen LogP) is 2.20. The summed E-state index contributed by atoms with van der Waals surface area (Å²) < 4.78 is 1.64. The Kier molecular flexibility index (Phi) is 3.74. The number of aryl methyl sites for hydroxylation is 2. The maximum absolute atomic E-state index is 13.3. The van der Waals surface area contributed by atoms with Crippen LogP contribution in [0.25, 0.3) is 5.65 Å². The second-order valence-electron chi connectivity index (χ2n) is 7.25. The molecule has 0 unspecified atom stereocenters. The first-order valence-corrected chi connectivity index (χ1v) is 8.85. The summed E-state index contributed by atoms with van der Waals surface area (Å²) in [6.45, 7) is 3.79. The lowest BCUT2D eigenvalue weighted by Gasteiger charge is -2.32. The van der Waals surface area contributed by atoms with E-state index in [-0.39, 0.29) is 17.9 Å². The molecule has 1 N–H and O–H groups in total. The number of likely N-dealkylation sites (tertiary alicyclic amines) is 1. The zero-order valence-electron chi connectivity index (χ0n) is 14.5. The minimum atomic E-state index is -0.917. The molecule has 0 spiro atoms. The zero-order chi connectivity index (χ0) is 17.7. The molecule has 0 aromatic carbocycles. The van der Waals surface area contributed by atoms with Crippen LogP contribution in [0.15, 0.2) is 12.3 Å². The van der Waals surface area contributed by atoms with E-state index < -0.39 is 12.0 Å². The van der Waals surface area contributed by atoms with Gasteiger partial charge in [0.25, 0.3) is 5.91 Å². The van der Waals surface area contributed by atoms with Gasteiger partial charge in [0.2, 0.25) is 0 Å². The van der Waals surface area contributed by atoms with Gasteiger partial charge in [-0.3, -0.25) is 4.79 Å². The molecule has 2 aromatic rings. The molecule has 7 nitrogen and oxygen atoms in total. The van der Waals surface area contributed by atoms with Crippen LogP contribution >= 0.6 is 0 Å². The van der Waals surface area contributed by atoms with E-state index in [1.807, 2.05) is 19.9 Å². The zero-order valence-corrected chi connectivity index (χ0v) is 14.5. The Morgan fingerprint density at radius 1 is 1.24 bits per heavy atom. The highest BCUT2D eigenvalue weighted by atomic mass is 16.4. The number of hydrogen-bond donors (Lipinski definition) is 1. The van der Waals surface area contributed by atoms with Crippen molar-refractivity contribution in [2.24, 2.45) is 5.92 Å². The van der Waals surface area contributed by atoms with Crippen LogP contribution in [0.3, 0.4) is 0 Å². The molecule has 2 aliphatic rings. The number of carbonyl (C=O) groups excluding carboxylic acids is 1. The van der Waals surface area contributed by atoms with Gasteiger partial charge < -0.3 is 10.0 Å². The predicted molar refractivity (Wildman–Crippen MR) is 90.4 cm³/mol. The molecule has 1 saturated carbocycles. The van der Waals surface area contributed by atoms with Crippen molar-refractivity contribution in [2.45, 2.75) is 58.0 Å². The summed E-state index contributed by atoms with van der Waals surface area (Å²) in [6.07, 6.45) is 6.12. The topological polar surface area (TPSA) is 87.8 Å². The van der Waals surface area contributed by atoms with Crippen molar-refractivity contribution in [3.63, 3.8) is 0 Å². The number of fused-ring (bicyclic) bond motifs is 2. The van der Waals surface area contributed by atoms with Gasteiger partial charge in [-0.25, -0.2) is 14.3 Å². The molecule has 1 aliphatic carbocycles. The highest BCUT2D eigenvalue weighted by Crippen LogP contribution is 2.40. The molecular weight excluding hydrogens is 320 g/mol. The summed E-state index contributed by atoms with van der Waals surface area (Å²) in [7, 11) is 0. The summed E-state index contributed by atoms with van der Waals surface area (Å²) >= 11 is 0. The summed E-state index contributed by atoms with van der Waals surface area (Å²) in [5, 5.41) is 13.9. The quantitative estimate of drug-likeness (QED) is 0.904. The van der Waals surface area contributed by atoms with Crippen LogP contribution in [-0.4, -0.2) is 48.6 Å². The number of hydrogen-bond acceptors (Lipinski definition) is 4. The van der Waals surface area contributed by atoms with Crippen LogP contribution in [0.1, 0.15) is 53.8 Å². The molecule has 132 valence electrons. The first-order valence-electron chi connectivity index (χ1n) is 8.85. The van der Waals surface area contributed by atoms with Crippen LogP contribution in [0.2, 0.25) is 0 Å². The van der Waals surface area contributed by atoms with Gasteiger partial charge in [-0.2, -0.15) is 5.10 Å². The summed E-state index contributed by atoms with van der Waals surface area (Å²) in [5.41, 5.74) is 2.61. The van der Waals surface area contributed by atoms with Crippen LogP contribution in [0, 0.1) is 19.8 Å². The maximum atomic E-state index is 13.3. The molecule has 3 heterocycles. The number of nitrogens with zero attached hydrogens (tertiary/aromatic N) is 4. The third-order valence-electron chi connectivity index (χ3n) is 5.62. The van der Waals surface area contributed by atoms with Gasteiger partial charge >= 0.3 is 5.97 Å². The van der Waals surface area contributed by atoms with E-state index in [1.165, 1.54) is 6.20 Å². The monoisotopic (exact) mass is 342 g/mol. The molecule has 2 aromatic heterocycles. The van der Waals surface area contributed by atoms with Crippen molar-refractivity contribution >= 4 is 17.5 Å². The molecular formula is C18H22N4O3. The normalized spacial score (nSPS) is 26.0. The largest absolute Gasteiger partial charge is 0.480 e. The third-order valence-corrected chi connectivity index (χ3v) is 5.62. The maximum Gasteiger partial charge on any atom is 0.326 e. The van der Waals surface area contributed by atoms with E-state index in [0.717, 1.165) is 37.1 Å². The number of rotatable bonds is 2. The van der Waals surface area contributed by atoms with Crippen LogP contribution in [0.5, 0.6) is 0 Å². The Morgan fingerprint density at radius 2 is 2.00 bits per heavy atom. The van der Waals surface area contributed by atoms with Gasteiger partial charge in [0.1, 0.15) is 11.6 Å². The molecule has 1 amide bonds. The van der Waals surface area contributed by atoms with Gasteiger partial charge in [-0.1, -0.05) is 12.8 Å². The van der Waals surface area contributed by atoms with Gasteiger partial charge in [-0.05, 0) is 45.1 Å². The van der Waals surface area contributed by atoms with Gasteiger partial charge in [0.05, 0.1) is 6.20 Å². The second-order valence-corrected chi connectivity index (χ2v) is 7.25. The lowest BCUT2D eigenvalue weighted by atomic mass is 9.84. The van der Waals surface area contributed by atoms with E-state index in [4.69, 9.17) is 0 Å². The molecule has 0 radical (unpaired) electrons. The van der Waals surface area contributed by atoms with E-state index >= 15 is 0 Å². The third kappa shape index (κ3) is 2.49. The van der Waals surface area contributed by atoms with E-state index in [2.05, 4.69) is 10.1 Å². The van der Waals surface area contributed by atoms with Crippen molar-refractivity contribution in [2.75, 3.05) is 0 Å². The second kappa shape index (κ2) is 5.82. The Morgan fingerprint density at radius 3 is 2.76 bits per heavy atom. The number of carbonyl (C=O) groups is 2. The number of aromatic nitrogens is 3. The van der Waals surface area contributed by atoms with E-state index in [1.54, 1.807) is 9.42 Å². The summed E-state index contributed by atoms with van der Waals surface area (Å²) in [5.74, 6) is -0.883. The molecule has 1 aliphatic heterocycles. The number of carboxylic acids is 1. The SMILES string of the molecule is Cc1cc(C)n2ncc(C(=O)N3[C@H](C(=O)O)C[C@H]4CCCC[C@@H]43)c2n1. The van der Waals surface area contributed by atoms with Gasteiger partial charge in [0, 0.05) is 17.4 Å². The number of carboxylic acid groups (broad SMARTS) is 1. The van der Waals surface area contributed by atoms with Crippen LogP contribution in [-0.2, 0) is 4.79 Å². The Balaban J connectivity index is 1.77. The molecule has 3 atom stereocenters. The molecule has 0 bridgehead atoms. The minimum absolute atomic E-state index is 0.0169. The smallest absolute Gasteiger partial charge is 0.326 e. The standard InChI is InChI=1S/C18H22N4O3/c1-10-7-11(2)22-16(20-10)13(9-19-22)17(23)21-14-6-4-3-5-12(14)8-15(21)18(24)25/h7,9,12,14-15H,3-6,8H2,1-2H3,(H,24,25)/t12-,14+,15+/m1/s1. The molecule has 25 heavy (non-hydrogen) atoms. The number of aliphatic carboxylic acids is 1. The fourth-order valence-corrected chi connectivity index (χ4v) is 4.53. The Labute approximate surface area is 145 Å². The summed E-state index contributed by atoms with van der Waals surface area (Å²) in [6, 6.07) is 1.17. The molecule has 2 fully saturated rings. The fraction of sp³-hybridized carbons (Fsp3) is 0.556. The van der Waals surface area contributed by atoms with Crippen molar-refractivity contribution in [1.82, 2.24) is 19.5 Å². The van der Waals surface area contributed by atoms with E-state index in [9.17, 15) is 14.7 Å². The average Bonchev–Trinajstić information content (AvgIpc) is 3.15. The molecule has 4 rings (SSSR count). The first-order chi connectivity index (χ1) is 12.0. The van der Waals surface area contributed by atoms with Crippen LogP contribution in [0.4, 0.5) is 0 Å². The highest BCUT2D eigenvalue weighted by molar-refractivity contribution is 6.01. The van der Waals surface area contributed by atoms with Gasteiger partial charge in [0.15, 0.2) is 5.65 Å². The lowest BCUT2D eigenvalue weighted by Crippen LogP contribution is -2.46. The average molecular weight is 342 g/mol. The molecule has 1 saturated heterocycles. The van der Waals surface area contributed by atoms with Crippen molar-refractivity contribution in [3.05, 3.63) is 29.2 Å². The summed E-state index contributed by atoms with van der Waals surface area (Å²) in [4.78, 5) is 31.1. The van der Waals surface area contributed by atoms with Crippen molar-refractivity contribution in [3.8, 4) is 0 Å². The van der Waals surface area contributed by atoms with E-state index in [0.29, 0.717) is 17.6 Å². The Bertz CT molecular complexity index is 859.